The summed E-state index contributed by atoms with van der Waals surface area (Å²) in [6, 6.07) is 2.21. The van der Waals surface area contributed by atoms with E-state index in [9.17, 15) is 8.78 Å². The van der Waals surface area contributed by atoms with Crippen LogP contribution >= 0.6 is 0 Å². The van der Waals surface area contributed by atoms with Gasteiger partial charge in [0, 0.05) is 25.2 Å². The molecular weight excluding hydrogens is 274 g/mol. The third kappa shape index (κ3) is 2.33. The van der Waals surface area contributed by atoms with Crippen LogP contribution in [0.4, 0.5) is 14.6 Å². The Morgan fingerprint density at radius 1 is 1.05 bits per heavy atom. The molecule has 1 aromatic heterocycles. The minimum absolute atomic E-state index is 0.386. The van der Waals surface area contributed by atoms with Crippen LogP contribution in [0.25, 0.3) is 11.0 Å². The highest BCUT2D eigenvalue weighted by Crippen LogP contribution is 2.28. The monoisotopic (exact) mass is 290 g/mol. The summed E-state index contributed by atoms with van der Waals surface area (Å²) in [5, 5.41) is 3.45. The van der Waals surface area contributed by atoms with Crippen molar-refractivity contribution in [3.8, 4) is 0 Å². The van der Waals surface area contributed by atoms with Gasteiger partial charge in [-0.25, -0.2) is 13.8 Å². The molecule has 0 aliphatic carbocycles. The van der Waals surface area contributed by atoms with Crippen molar-refractivity contribution < 1.29 is 8.78 Å². The summed E-state index contributed by atoms with van der Waals surface area (Å²) in [5.74, 6) is 0.238. The molecule has 2 saturated heterocycles. The quantitative estimate of drug-likeness (QED) is 0.871. The number of aromatic nitrogens is 2. The van der Waals surface area contributed by atoms with E-state index in [1.54, 1.807) is 6.20 Å². The Balaban J connectivity index is 1.68. The first kappa shape index (κ1) is 12.9. The molecular formula is C15H16F2N4. The van der Waals surface area contributed by atoms with Gasteiger partial charge in [-0.05, 0) is 31.3 Å². The fourth-order valence-corrected chi connectivity index (χ4v) is 3.44. The van der Waals surface area contributed by atoms with Gasteiger partial charge in [-0.2, -0.15) is 0 Å². The Hall–Kier alpha value is -1.82. The van der Waals surface area contributed by atoms with Crippen molar-refractivity contribution in [3.63, 3.8) is 0 Å². The van der Waals surface area contributed by atoms with Gasteiger partial charge in [-0.3, -0.25) is 4.98 Å². The largest absolute Gasteiger partial charge is 0.355 e. The smallest absolute Gasteiger partial charge is 0.161 e. The standard InChI is InChI=1S/C15H16F2N4/c16-11-2-13-14(3-12(11)17)20-15(6-19-13)21-7-9-1-10(8-21)5-18-4-9/h2-3,6,9-10,18H,1,4-5,7-8H2. The van der Waals surface area contributed by atoms with Crippen LogP contribution in [-0.4, -0.2) is 36.1 Å². The first-order chi connectivity index (χ1) is 10.2. The third-order valence-corrected chi connectivity index (χ3v) is 4.39. The maximum Gasteiger partial charge on any atom is 0.161 e. The summed E-state index contributed by atoms with van der Waals surface area (Å²) in [4.78, 5) is 10.9. The molecule has 2 aliphatic heterocycles. The molecule has 110 valence electrons. The summed E-state index contributed by atoms with van der Waals surface area (Å²) in [7, 11) is 0. The molecule has 6 heteroatoms. The fraction of sp³-hybridized carbons (Fsp3) is 0.467. The van der Waals surface area contributed by atoms with Gasteiger partial charge in [0.25, 0.3) is 0 Å². The average Bonchev–Trinajstić information content (AvgIpc) is 2.47. The molecule has 0 spiro atoms. The molecule has 2 unspecified atom stereocenters. The van der Waals surface area contributed by atoms with Gasteiger partial charge in [-0.15, -0.1) is 0 Å². The number of rotatable bonds is 1. The van der Waals surface area contributed by atoms with Crippen LogP contribution in [0.1, 0.15) is 6.42 Å². The van der Waals surface area contributed by atoms with E-state index < -0.39 is 11.6 Å². The molecule has 4 nitrogen and oxygen atoms in total. The lowest BCUT2D eigenvalue weighted by atomic mass is 9.86. The molecule has 0 radical (unpaired) electrons. The molecule has 0 amide bonds. The summed E-state index contributed by atoms with van der Waals surface area (Å²) in [6.07, 6.45) is 2.92. The Morgan fingerprint density at radius 3 is 2.43 bits per heavy atom. The number of fused-ring (bicyclic) bond motifs is 3. The zero-order chi connectivity index (χ0) is 14.4. The number of piperidine rings is 2. The molecule has 4 rings (SSSR count). The number of hydrogen-bond donors (Lipinski definition) is 1. The predicted molar refractivity (Wildman–Crippen MR) is 76.1 cm³/mol. The lowest BCUT2D eigenvalue weighted by molar-refractivity contribution is 0.249. The molecule has 1 N–H and O–H groups in total. The maximum absolute atomic E-state index is 13.3. The van der Waals surface area contributed by atoms with Crippen LogP contribution in [0.3, 0.4) is 0 Å². The Bertz CT molecular complexity index is 679. The highest BCUT2D eigenvalue weighted by molar-refractivity contribution is 5.75. The summed E-state index contributed by atoms with van der Waals surface area (Å²) in [6.45, 7) is 3.95. The molecule has 2 atom stereocenters. The molecule has 21 heavy (non-hydrogen) atoms. The lowest BCUT2D eigenvalue weighted by Crippen LogP contribution is -2.51. The molecule has 2 aliphatic rings. The van der Waals surface area contributed by atoms with Crippen molar-refractivity contribution in [2.24, 2.45) is 11.8 Å². The van der Waals surface area contributed by atoms with E-state index in [1.807, 2.05) is 0 Å². The number of nitrogens with zero attached hydrogens (tertiary/aromatic N) is 3. The summed E-state index contributed by atoms with van der Waals surface area (Å²) < 4.78 is 26.5. The van der Waals surface area contributed by atoms with Crippen molar-refractivity contribution >= 4 is 16.9 Å². The third-order valence-electron chi connectivity index (χ3n) is 4.39. The van der Waals surface area contributed by atoms with E-state index in [1.165, 1.54) is 6.42 Å². The summed E-state index contributed by atoms with van der Waals surface area (Å²) >= 11 is 0. The van der Waals surface area contributed by atoms with Crippen LogP contribution < -0.4 is 10.2 Å². The summed E-state index contributed by atoms with van der Waals surface area (Å²) in [5.41, 5.74) is 0.789. The van der Waals surface area contributed by atoms with Gasteiger partial charge in [0.15, 0.2) is 11.6 Å². The van der Waals surface area contributed by atoms with E-state index >= 15 is 0 Å². The van der Waals surface area contributed by atoms with Gasteiger partial charge < -0.3 is 10.2 Å². The van der Waals surface area contributed by atoms with E-state index in [2.05, 4.69) is 20.2 Å². The lowest BCUT2D eigenvalue weighted by Gasteiger charge is -2.42. The topological polar surface area (TPSA) is 41.1 Å². The van der Waals surface area contributed by atoms with Crippen molar-refractivity contribution in [3.05, 3.63) is 30.0 Å². The predicted octanol–water partition coefficient (Wildman–Crippen LogP) is 1.95. The van der Waals surface area contributed by atoms with Crippen LogP contribution in [0, 0.1) is 23.5 Å². The van der Waals surface area contributed by atoms with Gasteiger partial charge in [0.2, 0.25) is 0 Å². The molecule has 2 fully saturated rings. The fourth-order valence-electron chi connectivity index (χ4n) is 3.44. The second-order valence-electron chi connectivity index (χ2n) is 6.01. The number of hydrogen-bond acceptors (Lipinski definition) is 4. The maximum atomic E-state index is 13.3. The molecule has 2 aromatic rings. The van der Waals surface area contributed by atoms with Gasteiger partial charge in [0.05, 0.1) is 17.2 Å². The highest BCUT2D eigenvalue weighted by atomic mass is 19.2. The molecule has 2 bridgehead atoms. The minimum atomic E-state index is -0.886. The van der Waals surface area contributed by atoms with Crippen LogP contribution in [-0.2, 0) is 0 Å². The Labute approximate surface area is 121 Å². The van der Waals surface area contributed by atoms with Crippen molar-refractivity contribution in [1.82, 2.24) is 15.3 Å². The van der Waals surface area contributed by atoms with Crippen molar-refractivity contribution in [2.75, 3.05) is 31.1 Å². The van der Waals surface area contributed by atoms with Gasteiger partial charge in [-0.1, -0.05) is 0 Å². The molecule has 0 saturated carbocycles. The Morgan fingerprint density at radius 2 is 1.71 bits per heavy atom. The van der Waals surface area contributed by atoms with Gasteiger partial charge in [0.1, 0.15) is 5.82 Å². The SMILES string of the molecule is Fc1cc2ncc(N3CC4CNCC(C4)C3)nc2cc1F. The second-order valence-corrected chi connectivity index (χ2v) is 6.01. The van der Waals surface area contributed by atoms with E-state index in [0.717, 1.165) is 44.1 Å². The zero-order valence-corrected chi connectivity index (χ0v) is 11.5. The molecule has 1 aromatic carbocycles. The first-order valence-corrected chi connectivity index (χ1v) is 7.26. The second kappa shape index (κ2) is 4.87. The average molecular weight is 290 g/mol. The van der Waals surface area contributed by atoms with Crippen molar-refractivity contribution in [2.45, 2.75) is 6.42 Å². The van der Waals surface area contributed by atoms with E-state index in [-0.39, 0.29) is 0 Å². The number of halogens is 2. The van der Waals surface area contributed by atoms with Crippen LogP contribution in [0.2, 0.25) is 0 Å². The van der Waals surface area contributed by atoms with E-state index in [0.29, 0.717) is 22.9 Å². The Kier molecular flexibility index (Phi) is 2.99. The number of nitrogens with one attached hydrogen (secondary N) is 1. The van der Waals surface area contributed by atoms with E-state index in [4.69, 9.17) is 0 Å². The zero-order valence-electron chi connectivity index (χ0n) is 11.5. The number of benzene rings is 1. The van der Waals surface area contributed by atoms with Gasteiger partial charge >= 0.3 is 0 Å². The molecule has 3 heterocycles. The first-order valence-electron chi connectivity index (χ1n) is 7.26. The highest BCUT2D eigenvalue weighted by Gasteiger charge is 2.31. The normalized spacial score (nSPS) is 25.3. The minimum Gasteiger partial charge on any atom is -0.355 e. The van der Waals surface area contributed by atoms with Crippen LogP contribution in [0.15, 0.2) is 18.3 Å². The van der Waals surface area contributed by atoms with Crippen LogP contribution in [0.5, 0.6) is 0 Å². The van der Waals surface area contributed by atoms with Crippen molar-refractivity contribution in [1.29, 1.82) is 0 Å². The number of anilines is 1.